The zero-order valence-corrected chi connectivity index (χ0v) is 13.5. The molecule has 1 aromatic rings. The Morgan fingerprint density at radius 3 is 2.71 bits per heavy atom. The van der Waals surface area contributed by atoms with Crippen LogP contribution in [0.1, 0.15) is 30.1 Å². The number of rotatable bonds is 6. The van der Waals surface area contributed by atoms with Gasteiger partial charge in [0.2, 0.25) is 0 Å². The second-order valence-electron chi connectivity index (χ2n) is 4.89. The van der Waals surface area contributed by atoms with Crippen molar-refractivity contribution in [3.05, 3.63) is 22.2 Å². The second-order valence-corrected chi connectivity index (χ2v) is 5.74. The smallest absolute Gasteiger partial charge is 0.335 e. The molecule has 21 heavy (non-hydrogen) atoms. The summed E-state index contributed by atoms with van der Waals surface area (Å²) < 4.78 is 17.3. The first-order valence-electron chi connectivity index (χ1n) is 7.02. The fourth-order valence-electron chi connectivity index (χ4n) is 2.21. The summed E-state index contributed by atoms with van der Waals surface area (Å²) in [5.74, 6) is 0.483. The molecule has 0 aromatic heterocycles. The maximum absolute atomic E-state index is 11.1. The van der Waals surface area contributed by atoms with Crippen LogP contribution in [-0.2, 0) is 4.74 Å². The van der Waals surface area contributed by atoms with Crippen molar-refractivity contribution >= 4 is 21.9 Å². The van der Waals surface area contributed by atoms with Gasteiger partial charge in [0, 0.05) is 13.2 Å². The number of hydrogen-bond donors (Lipinski definition) is 1. The summed E-state index contributed by atoms with van der Waals surface area (Å²) in [5.41, 5.74) is 0.170. The zero-order chi connectivity index (χ0) is 15.2. The highest BCUT2D eigenvalue weighted by Crippen LogP contribution is 2.37. The van der Waals surface area contributed by atoms with Crippen LogP contribution in [0.5, 0.6) is 11.5 Å². The summed E-state index contributed by atoms with van der Waals surface area (Å²) in [6.07, 6.45) is 1.96. The summed E-state index contributed by atoms with van der Waals surface area (Å²) >= 11 is 3.37. The van der Waals surface area contributed by atoms with Gasteiger partial charge < -0.3 is 19.3 Å². The fourth-order valence-corrected chi connectivity index (χ4v) is 2.77. The van der Waals surface area contributed by atoms with Gasteiger partial charge in [0.05, 0.1) is 23.2 Å². The van der Waals surface area contributed by atoms with E-state index in [1.165, 1.54) is 12.1 Å². The van der Waals surface area contributed by atoms with E-state index in [4.69, 9.17) is 19.3 Å². The van der Waals surface area contributed by atoms with Crippen LogP contribution >= 0.6 is 15.9 Å². The summed E-state index contributed by atoms with van der Waals surface area (Å²) in [7, 11) is 0. The number of ether oxygens (including phenoxy) is 3. The molecule has 1 fully saturated rings. The molecule has 116 valence electrons. The zero-order valence-electron chi connectivity index (χ0n) is 11.9. The van der Waals surface area contributed by atoms with E-state index in [9.17, 15) is 4.79 Å². The van der Waals surface area contributed by atoms with Gasteiger partial charge in [0.25, 0.3) is 0 Å². The Morgan fingerprint density at radius 2 is 2.10 bits per heavy atom. The van der Waals surface area contributed by atoms with Gasteiger partial charge in [0.1, 0.15) is 0 Å². The van der Waals surface area contributed by atoms with Gasteiger partial charge in [-0.25, -0.2) is 4.79 Å². The van der Waals surface area contributed by atoms with Crippen molar-refractivity contribution < 1.29 is 24.1 Å². The van der Waals surface area contributed by atoms with E-state index in [0.717, 1.165) is 26.1 Å². The van der Waals surface area contributed by atoms with E-state index < -0.39 is 5.97 Å². The first-order valence-corrected chi connectivity index (χ1v) is 7.81. The predicted molar refractivity (Wildman–Crippen MR) is 81.3 cm³/mol. The van der Waals surface area contributed by atoms with Crippen molar-refractivity contribution in [3.8, 4) is 11.5 Å². The molecule has 0 unspecified atom stereocenters. The van der Waals surface area contributed by atoms with Gasteiger partial charge in [-0.15, -0.1) is 0 Å². The Labute approximate surface area is 132 Å². The van der Waals surface area contributed by atoms with Crippen LogP contribution in [0.25, 0.3) is 0 Å². The molecule has 1 aliphatic heterocycles. The van der Waals surface area contributed by atoms with Crippen molar-refractivity contribution in [1.82, 2.24) is 0 Å². The maximum Gasteiger partial charge on any atom is 0.335 e. The lowest BCUT2D eigenvalue weighted by Crippen LogP contribution is -2.21. The lowest BCUT2D eigenvalue weighted by Gasteiger charge is -2.23. The molecule has 0 spiro atoms. The van der Waals surface area contributed by atoms with Gasteiger partial charge in [-0.2, -0.15) is 0 Å². The van der Waals surface area contributed by atoms with Crippen molar-refractivity contribution in [2.75, 3.05) is 26.4 Å². The summed E-state index contributed by atoms with van der Waals surface area (Å²) in [5, 5.41) is 9.10. The molecule has 1 N–H and O–H groups in total. The number of carbonyl (C=O) groups is 1. The highest BCUT2D eigenvalue weighted by molar-refractivity contribution is 9.10. The topological polar surface area (TPSA) is 65.0 Å². The fraction of sp³-hybridized carbons (Fsp3) is 0.533. The average molecular weight is 359 g/mol. The van der Waals surface area contributed by atoms with E-state index in [1.807, 2.05) is 6.92 Å². The lowest BCUT2D eigenvalue weighted by atomic mass is 10.0. The van der Waals surface area contributed by atoms with Gasteiger partial charge in [0.15, 0.2) is 11.5 Å². The molecule has 0 amide bonds. The molecule has 6 heteroatoms. The molecule has 1 aromatic carbocycles. The van der Waals surface area contributed by atoms with E-state index in [2.05, 4.69) is 15.9 Å². The first kappa shape index (κ1) is 16.1. The predicted octanol–water partition coefficient (Wildman–Crippen LogP) is 3.35. The van der Waals surface area contributed by atoms with Crippen LogP contribution in [0.4, 0.5) is 0 Å². The number of halogens is 1. The van der Waals surface area contributed by atoms with Crippen molar-refractivity contribution in [2.24, 2.45) is 5.92 Å². The molecule has 0 saturated carbocycles. The monoisotopic (exact) mass is 358 g/mol. The van der Waals surface area contributed by atoms with Gasteiger partial charge >= 0.3 is 5.97 Å². The Hall–Kier alpha value is -1.27. The van der Waals surface area contributed by atoms with Crippen molar-refractivity contribution in [1.29, 1.82) is 0 Å². The van der Waals surface area contributed by atoms with Crippen LogP contribution in [-0.4, -0.2) is 37.5 Å². The van der Waals surface area contributed by atoms with Crippen LogP contribution in [0.2, 0.25) is 0 Å². The third kappa shape index (κ3) is 4.35. The van der Waals surface area contributed by atoms with Crippen LogP contribution in [0, 0.1) is 5.92 Å². The number of aromatic carboxylic acids is 1. The van der Waals surface area contributed by atoms with Gasteiger partial charge in [-0.3, -0.25) is 0 Å². The molecule has 0 aliphatic carbocycles. The molecule has 0 bridgehead atoms. The summed E-state index contributed by atoms with van der Waals surface area (Å²) in [4.78, 5) is 11.1. The minimum absolute atomic E-state index is 0.170. The van der Waals surface area contributed by atoms with Crippen molar-refractivity contribution in [3.63, 3.8) is 0 Å². The lowest BCUT2D eigenvalue weighted by molar-refractivity contribution is 0.0491. The average Bonchev–Trinajstić information content (AvgIpc) is 2.47. The summed E-state index contributed by atoms with van der Waals surface area (Å²) in [6.45, 7) is 4.41. The molecule has 2 rings (SSSR count). The second kappa shape index (κ2) is 7.66. The van der Waals surface area contributed by atoms with E-state index >= 15 is 0 Å². The standard InChI is InChI=1S/C15H19BrO5/c1-2-20-13-8-11(15(17)18)7-12(16)14(13)21-9-10-3-5-19-6-4-10/h7-8,10H,2-6,9H2,1H3,(H,17,18). The Morgan fingerprint density at radius 1 is 1.38 bits per heavy atom. The molecule has 1 saturated heterocycles. The highest BCUT2D eigenvalue weighted by Gasteiger charge is 2.19. The normalized spacial score (nSPS) is 15.7. The van der Waals surface area contributed by atoms with E-state index in [0.29, 0.717) is 35.1 Å². The van der Waals surface area contributed by atoms with Crippen LogP contribution in [0.15, 0.2) is 16.6 Å². The molecule has 0 radical (unpaired) electrons. The Bertz CT molecular complexity index is 497. The Balaban J connectivity index is 2.14. The van der Waals surface area contributed by atoms with Crippen LogP contribution in [0.3, 0.4) is 0 Å². The van der Waals surface area contributed by atoms with Gasteiger partial charge in [-0.05, 0) is 53.7 Å². The molecular weight excluding hydrogens is 340 g/mol. The molecule has 5 nitrogen and oxygen atoms in total. The Kier molecular flexibility index (Phi) is 5.87. The summed E-state index contributed by atoms with van der Waals surface area (Å²) in [6, 6.07) is 3.03. The molecular formula is C15H19BrO5. The first-order chi connectivity index (χ1) is 10.1. The molecule has 0 atom stereocenters. The van der Waals surface area contributed by atoms with E-state index in [1.54, 1.807) is 0 Å². The number of hydrogen-bond acceptors (Lipinski definition) is 4. The van der Waals surface area contributed by atoms with Crippen molar-refractivity contribution in [2.45, 2.75) is 19.8 Å². The SMILES string of the molecule is CCOc1cc(C(=O)O)cc(Br)c1OCC1CCOCC1. The minimum Gasteiger partial charge on any atom is -0.490 e. The number of carboxylic acid groups (broad SMARTS) is 1. The largest absolute Gasteiger partial charge is 0.490 e. The van der Waals surface area contributed by atoms with Gasteiger partial charge in [-0.1, -0.05) is 0 Å². The third-order valence-electron chi connectivity index (χ3n) is 3.36. The van der Waals surface area contributed by atoms with E-state index in [-0.39, 0.29) is 5.56 Å². The minimum atomic E-state index is -0.993. The maximum atomic E-state index is 11.1. The quantitative estimate of drug-likeness (QED) is 0.844. The third-order valence-corrected chi connectivity index (χ3v) is 3.95. The highest BCUT2D eigenvalue weighted by atomic mass is 79.9. The molecule has 1 aliphatic rings. The number of carboxylic acids is 1. The van der Waals surface area contributed by atoms with Crippen LogP contribution < -0.4 is 9.47 Å². The molecule has 1 heterocycles. The number of benzene rings is 1.